The molecule has 0 aliphatic carbocycles. The van der Waals surface area contributed by atoms with Gasteiger partial charge in [-0.1, -0.05) is 35.6 Å². The molecule has 2 aromatic heterocycles. The molecule has 0 unspecified atom stereocenters. The number of nitrogens with one attached hydrogen (secondary N) is 2. The molecule has 0 bridgehead atoms. The predicted octanol–water partition coefficient (Wildman–Crippen LogP) is 3.88. The molecule has 27 heavy (non-hydrogen) atoms. The van der Waals surface area contributed by atoms with Crippen molar-refractivity contribution in [1.82, 2.24) is 19.7 Å². The van der Waals surface area contributed by atoms with Gasteiger partial charge in [0, 0.05) is 6.54 Å². The monoisotopic (exact) mass is 401 g/mol. The molecule has 0 saturated carbocycles. The number of aryl methyl sites for hydroxylation is 2. The molecule has 0 radical (unpaired) electrons. The van der Waals surface area contributed by atoms with Crippen LogP contribution in [0.2, 0.25) is 0 Å². The van der Waals surface area contributed by atoms with Crippen LogP contribution in [0.4, 0.5) is 5.13 Å². The molecule has 1 amide bonds. The highest BCUT2D eigenvalue weighted by atomic mass is 32.1. The van der Waals surface area contributed by atoms with Crippen molar-refractivity contribution < 1.29 is 9.53 Å². The van der Waals surface area contributed by atoms with E-state index in [1.807, 2.05) is 42.7 Å². The number of thiazole rings is 1. The third kappa shape index (κ3) is 4.32. The second-order valence-electron chi connectivity index (χ2n) is 5.79. The fourth-order valence-corrected chi connectivity index (χ4v) is 3.65. The van der Waals surface area contributed by atoms with Crippen molar-refractivity contribution in [1.29, 1.82) is 0 Å². The lowest BCUT2D eigenvalue weighted by molar-refractivity contribution is -0.118. The minimum atomic E-state index is -0.275. The zero-order valence-electron chi connectivity index (χ0n) is 15.0. The molecular formula is C18H19N5O2S2. The summed E-state index contributed by atoms with van der Waals surface area (Å²) in [5.74, 6) is 1.08. The van der Waals surface area contributed by atoms with Gasteiger partial charge in [0.05, 0.1) is 10.6 Å². The number of ether oxygens (including phenoxy) is 1. The topological polar surface area (TPSA) is 84.8 Å². The zero-order valence-corrected chi connectivity index (χ0v) is 16.6. The Bertz CT molecular complexity index is 1030. The van der Waals surface area contributed by atoms with Gasteiger partial charge in [0.1, 0.15) is 5.75 Å². The summed E-state index contributed by atoms with van der Waals surface area (Å²) in [5, 5.41) is 10.3. The van der Waals surface area contributed by atoms with Gasteiger partial charge in [-0.15, -0.1) is 6.58 Å². The van der Waals surface area contributed by atoms with Crippen molar-refractivity contribution >= 4 is 34.6 Å². The minimum absolute atomic E-state index is 0.0893. The van der Waals surface area contributed by atoms with Crippen molar-refractivity contribution in [3.63, 3.8) is 0 Å². The summed E-state index contributed by atoms with van der Waals surface area (Å²) in [6.07, 6.45) is 1.75. The third-order valence-electron chi connectivity index (χ3n) is 3.77. The molecule has 0 atom stereocenters. The van der Waals surface area contributed by atoms with Gasteiger partial charge in [0.2, 0.25) is 0 Å². The second-order valence-corrected chi connectivity index (χ2v) is 7.17. The van der Waals surface area contributed by atoms with E-state index in [0.29, 0.717) is 28.0 Å². The normalized spacial score (nSPS) is 10.6. The Morgan fingerprint density at radius 1 is 1.44 bits per heavy atom. The predicted molar refractivity (Wildman–Crippen MR) is 109 cm³/mol. The van der Waals surface area contributed by atoms with E-state index >= 15 is 0 Å². The van der Waals surface area contributed by atoms with Crippen LogP contribution in [0.15, 0.2) is 36.9 Å². The van der Waals surface area contributed by atoms with Crippen molar-refractivity contribution in [3.05, 3.63) is 52.9 Å². The Balaban J connectivity index is 1.71. The fourth-order valence-electron chi connectivity index (χ4n) is 2.46. The van der Waals surface area contributed by atoms with Crippen molar-refractivity contribution in [3.8, 4) is 16.5 Å². The Morgan fingerprint density at radius 2 is 2.22 bits per heavy atom. The number of H-pyrrole nitrogens is 1. The summed E-state index contributed by atoms with van der Waals surface area (Å²) in [7, 11) is 0. The van der Waals surface area contributed by atoms with Crippen molar-refractivity contribution in [2.24, 2.45) is 0 Å². The SMILES string of the molecule is C=CCn1c(-c2sc(NC(=O)COc3ccccc3C)nc2C)n[nH]c1=S. The van der Waals surface area contributed by atoms with E-state index in [-0.39, 0.29) is 12.5 Å². The number of anilines is 1. The zero-order chi connectivity index (χ0) is 19.4. The lowest BCUT2D eigenvalue weighted by atomic mass is 10.2. The molecule has 0 aliphatic rings. The summed E-state index contributed by atoms with van der Waals surface area (Å²) < 4.78 is 7.90. The highest BCUT2D eigenvalue weighted by Crippen LogP contribution is 2.31. The molecule has 0 saturated heterocycles. The Morgan fingerprint density at radius 3 is 2.96 bits per heavy atom. The first-order chi connectivity index (χ1) is 13.0. The van der Waals surface area contributed by atoms with Gasteiger partial charge >= 0.3 is 0 Å². The van der Waals surface area contributed by atoms with Gasteiger partial charge in [0.15, 0.2) is 22.3 Å². The molecule has 140 valence electrons. The molecule has 3 aromatic rings. The maximum absolute atomic E-state index is 12.2. The van der Waals surface area contributed by atoms with Gasteiger partial charge in [-0.3, -0.25) is 19.8 Å². The third-order valence-corrected chi connectivity index (χ3v) is 5.15. The van der Waals surface area contributed by atoms with E-state index in [9.17, 15) is 4.79 Å². The number of rotatable bonds is 7. The molecule has 0 fully saturated rings. The van der Waals surface area contributed by atoms with E-state index in [1.54, 1.807) is 6.08 Å². The van der Waals surface area contributed by atoms with Crippen LogP contribution in [0.25, 0.3) is 10.7 Å². The molecule has 7 nitrogen and oxygen atoms in total. The quantitative estimate of drug-likeness (QED) is 0.463. The van der Waals surface area contributed by atoms with Gasteiger partial charge in [-0.2, -0.15) is 5.10 Å². The maximum Gasteiger partial charge on any atom is 0.264 e. The summed E-state index contributed by atoms with van der Waals surface area (Å²) in [4.78, 5) is 17.4. The van der Waals surface area contributed by atoms with Crippen molar-refractivity contribution in [2.75, 3.05) is 11.9 Å². The number of carbonyl (C=O) groups is 1. The Hall–Kier alpha value is -2.78. The molecule has 1 aromatic carbocycles. The van der Waals surface area contributed by atoms with Crippen LogP contribution in [0.3, 0.4) is 0 Å². The lowest BCUT2D eigenvalue weighted by Crippen LogP contribution is -2.20. The summed E-state index contributed by atoms with van der Waals surface area (Å²) in [6.45, 7) is 7.98. The van der Waals surface area contributed by atoms with E-state index in [2.05, 4.69) is 27.1 Å². The van der Waals surface area contributed by atoms with E-state index in [1.165, 1.54) is 11.3 Å². The van der Waals surface area contributed by atoms with Crippen LogP contribution in [-0.4, -0.2) is 32.3 Å². The van der Waals surface area contributed by atoms with E-state index < -0.39 is 0 Å². The highest BCUT2D eigenvalue weighted by molar-refractivity contribution is 7.71. The molecular weight excluding hydrogens is 382 g/mol. The van der Waals surface area contributed by atoms with Crippen LogP contribution in [0.5, 0.6) is 5.75 Å². The van der Waals surface area contributed by atoms with Crippen molar-refractivity contribution in [2.45, 2.75) is 20.4 Å². The maximum atomic E-state index is 12.2. The number of aromatic amines is 1. The number of amides is 1. The molecule has 9 heteroatoms. The van der Waals surface area contributed by atoms with Crippen LogP contribution in [0.1, 0.15) is 11.3 Å². The van der Waals surface area contributed by atoms with Gasteiger partial charge < -0.3 is 4.74 Å². The molecule has 0 aliphatic heterocycles. The van der Waals surface area contributed by atoms with E-state index in [4.69, 9.17) is 17.0 Å². The van der Waals surface area contributed by atoms with E-state index in [0.717, 1.165) is 16.1 Å². The average molecular weight is 402 g/mol. The fraction of sp³-hybridized carbons (Fsp3) is 0.222. The largest absolute Gasteiger partial charge is 0.483 e. The number of allylic oxidation sites excluding steroid dienone is 1. The molecule has 3 rings (SSSR count). The Labute approximate surface area is 165 Å². The first-order valence-electron chi connectivity index (χ1n) is 8.21. The van der Waals surface area contributed by atoms with Crippen LogP contribution >= 0.6 is 23.6 Å². The van der Waals surface area contributed by atoms with Gasteiger partial charge in [-0.25, -0.2) is 4.98 Å². The lowest BCUT2D eigenvalue weighted by Gasteiger charge is -2.07. The second kappa shape index (κ2) is 8.28. The molecule has 2 heterocycles. The summed E-state index contributed by atoms with van der Waals surface area (Å²) >= 11 is 6.58. The van der Waals surface area contributed by atoms with Crippen LogP contribution in [0, 0.1) is 18.6 Å². The number of hydrogen-bond acceptors (Lipinski definition) is 6. The number of hydrogen-bond donors (Lipinski definition) is 2. The number of para-hydroxylation sites is 1. The smallest absolute Gasteiger partial charge is 0.264 e. The first kappa shape index (κ1) is 19.0. The number of benzene rings is 1. The summed E-state index contributed by atoms with van der Waals surface area (Å²) in [6, 6.07) is 7.55. The van der Waals surface area contributed by atoms with Crippen LogP contribution in [-0.2, 0) is 11.3 Å². The molecule has 0 spiro atoms. The number of carbonyl (C=O) groups excluding carboxylic acids is 1. The average Bonchev–Trinajstić information content (AvgIpc) is 3.17. The minimum Gasteiger partial charge on any atom is -0.483 e. The van der Waals surface area contributed by atoms with Gasteiger partial charge in [0.25, 0.3) is 5.91 Å². The molecule has 2 N–H and O–H groups in total. The number of nitrogens with zero attached hydrogens (tertiary/aromatic N) is 3. The standard InChI is InChI=1S/C18H19N5O2S2/c1-4-9-23-16(21-22-18(23)26)15-12(3)19-17(27-15)20-14(24)10-25-13-8-6-5-7-11(13)2/h4-8H,1,9-10H2,2-3H3,(H,22,26)(H,19,20,24). The van der Waals surface area contributed by atoms with Gasteiger partial charge in [-0.05, 0) is 37.7 Å². The number of aromatic nitrogens is 4. The Kier molecular flexibility index (Phi) is 5.82. The van der Waals surface area contributed by atoms with Crippen LogP contribution < -0.4 is 10.1 Å². The highest BCUT2D eigenvalue weighted by Gasteiger charge is 2.17. The first-order valence-corrected chi connectivity index (χ1v) is 9.44. The summed E-state index contributed by atoms with van der Waals surface area (Å²) in [5.41, 5.74) is 1.73.